The average molecular weight is 324 g/mol. The van der Waals surface area contributed by atoms with Gasteiger partial charge in [0.2, 0.25) is 0 Å². The third kappa shape index (κ3) is 4.63. The number of carbonyl (C=O) groups is 1. The summed E-state index contributed by atoms with van der Waals surface area (Å²) >= 11 is 0. The summed E-state index contributed by atoms with van der Waals surface area (Å²) in [7, 11) is -3.38. The number of hydrogen-bond acceptors (Lipinski definition) is 5. The summed E-state index contributed by atoms with van der Waals surface area (Å²) in [6.07, 6.45) is 1.55. The predicted molar refractivity (Wildman–Crippen MR) is 88.9 cm³/mol. The Morgan fingerprint density at radius 3 is 2.50 bits per heavy atom. The van der Waals surface area contributed by atoms with Crippen LogP contribution in [0.15, 0.2) is 41.0 Å². The van der Waals surface area contributed by atoms with Crippen LogP contribution in [0.3, 0.4) is 0 Å². The quantitative estimate of drug-likeness (QED) is 0.453. The van der Waals surface area contributed by atoms with E-state index < -0.39 is 13.5 Å². The molecule has 1 amide bonds. The molecule has 0 aliphatic rings. The van der Waals surface area contributed by atoms with Crippen LogP contribution < -0.4 is 10.6 Å². The number of nitrogens with zero attached hydrogens (tertiary/aromatic N) is 1. The molecule has 0 aromatic heterocycles. The fraction of sp³-hybridized carbons (Fsp3) is 0.333. The lowest BCUT2D eigenvalue weighted by Crippen LogP contribution is -2.16. The van der Waals surface area contributed by atoms with E-state index in [0.717, 1.165) is 0 Å². The molecule has 120 valence electrons. The molecule has 1 aromatic carbocycles. The highest BCUT2D eigenvalue weighted by Crippen LogP contribution is 2.47. The molecule has 0 radical (unpaired) electrons. The van der Waals surface area contributed by atoms with Crippen LogP contribution in [0.4, 0.5) is 5.69 Å². The fourth-order valence-corrected chi connectivity index (χ4v) is 3.39. The molecule has 22 heavy (non-hydrogen) atoms. The summed E-state index contributed by atoms with van der Waals surface area (Å²) in [6, 6.07) is 6.57. The standard InChI is InChI=1S/C15H21N2O4P/c1-5-14(16-4)15(18)17-12-9-8-10-13(11-12)22(19,20-6-2)21-7-3/h5,8-11H,4,6-7H2,1-3H3,(H,17,18)/b14-5-. The summed E-state index contributed by atoms with van der Waals surface area (Å²) < 4.78 is 23.3. The first kappa shape index (κ1) is 18.3. The van der Waals surface area contributed by atoms with E-state index in [1.54, 1.807) is 51.1 Å². The summed E-state index contributed by atoms with van der Waals surface area (Å²) in [5, 5.41) is 3.06. The summed E-state index contributed by atoms with van der Waals surface area (Å²) in [5.74, 6) is -0.391. The van der Waals surface area contributed by atoms with Gasteiger partial charge in [-0.25, -0.2) is 0 Å². The van der Waals surface area contributed by atoms with Gasteiger partial charge < -0.3 is 14.4 Å². The molecule has 1 N–H and O–H groups in total. The highest BCUT2D eigenvalue weighted by molar-refractivity contribution is 7.62. The van der Waals surface area contributed by atoms with E-state index in [1.807, 2.05) is 0 Å². The van der Waals surface area contributed by atoms with Gasteiger partial charge >= 0.3 is 7.60 Å². The zero-order valence-corrected chi connectivity index (χ0v) is 13.9. The largest absolute Gasteiger partial charge is 0.361 e. The maximum Gasteiger partial charge on any atom is 0.361 e. The minimum atomic E-state index is -3.38. The van der Waals surface area contributed by atoms with Crippen molar-refractivity contribution in [3.8, 4) is 0 Å². The smallest absolute Gasteiger partial charge is 0.321 e. The Morgan fingerprint density at radius 2 is 2.00 bits per heavy atom. The lowest BCUT2D eigenvalue weighted by atomic mass is 10.3. The highest BCUT2D eigenvalue weighted by Gasteiger charge is 2.26. The molecule has 6 nitrogen and oxygen atoms in total. The van der Waals surface area contributed by atoms with Gasteiger partial charge in [-0.2, -0.15) is 0 Å². The van der Waals surface area contributed by atoms with Crippen molar-refractivity contribution in [2.75, 3.05) is 18.5 Å². The Balaban J connectivity index is 3.05. The topological polar surface area (TPSA) is 77.0 Å². The van der Waals surface area contributed by atoms with Crippen LogP contribution in [0.25, 0.3) is 0 Å². The van der Waals surface area contributed by atoms with E-state index in [2.05, 4.69) is 17.0 Å². The number of hydrogen-bond donors (Lipinski definition) is 1. The number of carbonyl (C=O) groups excluding carboxylic acids is 1. The molecular formula is C15H21N2O4P. The van der Waals surface area contributed by atoms with Gasteiger partial charge in [0, 0.05) is 5.69 Å². The maximum absolute atomic E-state index is 12.7. The Kier molecular flexibility index (Phi) is 7.18. The first-order chi connectivity index (χ1) is 10.5. The van der Waals surface area contributed by atoms with Crippen molar-refractivity contribution < 1.29 is 18.4 Å². The van der Waals surface area contributed by atoms with Gasteiger partial charge in [0.05, 0.1) is 18.5 Å². The minimum absolute atomic E-state index is 0.211. The molecule has 0 fully saturated rings. The molecule has 0 saturated carbocycles. The first-order valence-corrected chi connectivity index (χ1v) is 8.49. The van der Waals surface area contributed by atoms with Crippen LogP contribution in [0.5, 0.6) is 0 Å². The second-order valence-electron chi connectivity index (χ2n) is 4.17. The van der Waals surface area contributed by atoms with Crippen LogP contribution in [0.1, 0.15) is 20.8 Å². The molecule has 0 atom stereocenters. The maximum atomic E-state index is 12.7. The first-order valence-electron chi connectivity index (χ1n) is 6.94. The number of allylic oxidation sites excluding steroid dienone is 1. The van der Waals surface area contributed by atoms with Crippen molar-refractivity contribution in [3.63, 3.8) is 0 Å². The molecule has 0 saturated heterocycles. The lowest BCUT2D eigenvalue weighted by molar-refractivity contribution is -0.112. The Hall–Kier alpha value is -1.75. The summed E-state index contributed by atoms with van der Waals surface area (Å²) in [6.45, 7) is 9.03. The van der Waals surface area contributed by atoms with Crippen molar-refractivity contribution in [3.05, 3.63) is 36.0 Å². The summed E-state index contributed by atoms with van der Waals surface area (Å²) in [5.41, 5.74) is 0.688. The predicted octanol–water partition coefficient (Wildman–Crippen LogP) is 3.12. The average Bonchev–Trinajstić information content (AvgIpc) is 2.49. The molecule has 0 bridgehead atoms. The van der Waals surface area contributed by atoms with Crippen LogP contribution in [0, 0.1) is 0 Å². The van der Waals surface area contributed by atoms with Gasteiger partial charge in [-0.15, -0.1) is 0 Å². The van der Waals surface area contributed by atoms with E-state index in [0.29, 0.717) is 11.0 Å². The van der Waals surface area contributed by atoms with Gasteiger partial charge in [-0.1, -0.05) is 12.1 Å². The molecule has 0 unspecified atom stereocenters. The Bertz CT molecular complexity index is 603. The highest BCUT2D eigenvalue weighted by atomic mass is 31.2. The number of nitrogens with one attached hydrogen (secondary N) is 1. The minimum Gasteiger partial charge on any atom is -0.321 e. The molecule has 1 rings (SSSR count). The van der Waals surface area contributed by atoms with Crippen LogP contribution >= 0.6 is 7.60 Å². The van der Waals surface area contributed by atoms with Gasteiger partial charge in [0.15, 0.2) is 0 Å². The van der Waals surface area contributed by atoms with Crippen molar-refractivity contribution in [1.82, 2.24) is 0 Å². The zero-order chi connectivity index (χ0) is 16.6. The molecule has 0 heterocycles. The third-order valence-electron chi connectivity index (χ3n) is 2.69. The van der Waals surface area contributed by atoms with Gasteiger partial charge in [-0.3, -0.25) is 14.4 Å². The second kappa shape index (κ2) is 8.63. The van der Waals surface area contributed by atoms with Crippen molar-refractivity contribution >= 4 is 31.2 Å². The molecule has 7 heteroatoms. The Labute approximate surface area is 130 Å². The molecule has 0 spiro atoms. The summed E-state index contributed by atoms with van der Waals surface area (Å²) in [4.78, 5) is 15.6. The SMILES string of the molecule is C=N/C(=C\C)C(=O)Nc1cccc(P(=O)(OCC)OCC)c1. The van der Waals surface area contributed by atoms with Crippen molar-refractivity contribution in [1.29, 1.82) is 0 Å². The lowest BCUT2D eigenvalue weighted by Gasteiger charge is -2.17. The van der Waals surface area contributed by atoms with E-state index in [4.69, 9.17) is 9.05 Å². The van der Waals surface area contributed by atoms with Crippen LogP contribution in [0.2, 0.25) is 0 Å². The van der Waals surface area contributed by atoms with Gasteiger partial charge in [0.25, 0.3) is 5.91 Å². The number of amides is 1. The second-order valence-corrected chi connectivity index (χ2v) is 6.20. The molecule has 0 aliphatic heterocycles. The van der Waals surface area contributed by atoms with Crippen molar-refractivity contribution in [2.45, 2.75) is 20.8 Å². The monoisotopic (exact) mass is 324 g/mol. The van der Waals surface area contributed by atoms with Crippen LogP contribution in [-0.2, 0) is 18.4 Å². The van der Waals surface area contributed by atoms with E-state index in [1.165, 1.54) is 0 Å². The van der Waals surface area contributed by atoms with E-state index in [-0.39, 0.29) is 18.9 Å². The molecule has 0 aliphatic carbocycles. The number of rotatable bonds is 8. The number of aliphatic imine (C=N–C) groups is 1. The van der Waals surface area contributed by atoms with E-state index >= 15 is 0 Å². The van der Waals surface area contributed by atoms with Crippen molar-refractivity contribution in [2.24, 2.45) is 4.99 Å². The van der Waals surface area contributed by atoms with Crippen LogP contribution in [-0.4, -0.2) is 25.8 Å². The number of benzene rings is 1. The van der Waals surface area contributed by atoms with E-state index in [9.17, 15) is 9.36 Å². The number of anilines is 1. The molecule has 1 aromatic rings. The third-order valence-corrected chi connectivity index (χ3v) is 4.80. The Morgan fingerprint density at radius 1 is 1.36 bits per heavy atom. The zero-order valence-electron chi connectivity index (χ0n) is 13.0. The van der Waals surface area contributed by atoms with Gasteiger partial charge in [-0.05, 0) is 45.7 Å². The normalized spacial score (nSPS) is 12.0. The fourth-order valence-electron chi connectivity index (χ4n) is 1.77. The van der Waals surface area contributed by atoms with Gasteiger partial charge in [0.1, 0.15) is 5.70 Å². The molecular weight excluding hydrogens is 303 g/mol.